The minimum atomic E-state index is -4.54. The lowest BCUT2D eigenvalue weighted by Crippen LogP contribution is -2.45. The Morgan fingerprint density at radius 3 is 1.60 bits per heavy atom. The van der Waals surface area contributed by atoms with Gasteiger partial charge in [-0.1, -0.05) is 96.1 Å². The first-order chi connectivity index (χ1) is 19.1. The number of allylic oxidation sites excluding steroid dienone is 1. The summed E-state index contributed by atoms with van der Waals surface area (Å²) < 4.78 is 55.4. The maximum absolute atomic E-state index is 14.6. The molecule has 0 spiro atoms. The topological polar surface area (TPSA) is 118 Å². The van der Waals surface area contributed by atoms with E-state index in [1.165, 1.54) is 24.3 Å². The largest absolute Gasteiger partial charge is 0.399 e. The van der Waals surface area contributed by atoms with E-state index in [-0.39, 0.29) is 14.7 Å². The summed E-state index contributed by atoms with van der Waals surface area (Å²) in [7, 11) is -8.87. The highest BCUT2D eigenvalue weighted by atomic mass is 32.2. The van der Waals surface area contributed by atoms with E-state index >= 15 is 0 Å². The fourth-order valence-corrected chi connectivity index (χ4v) is 9.45. The zero-order chi connectivity index (χ0) is 28.7. The Morgan fingerprint density at radius 1 is 0.675 bits per heavy atom. The molecule has 0 amide bonds. The fraction of sp³-hybridized carbons (Fsp3) is 0.156. The molecule has 4 aromatic rings. The SMILES string of the molecule is Cc1ccc([C@H]2C(S(=O)(=O)c3ccccc3)=C(N)[C@@](C#N)(S(=O)(=O)c3ccccc3)[C@@H]2c2ccc(C)cc2)cc1. The summed E-state index contributed by atoms with van der Waals surface area (Å²) >= 11 is 0. The van der Waals surface area contributed by atoms with Crippen LogP contribution in [0.25, 0.3) is 0 Å². The third-order valence-corrected chi connectivity index (χ3v) is 11.8. The second kappa shape index (κ2) is 10.1. The molecule has 0 saturated heterocycles. The first-order valence-corrected chi connectivity index (χ1v) is 15.7. The van der Waals surface area contributed by atoms with Crippen LogP contribution in [-0.4, -0.2) is 21.6 Å². The second-order valence-corrected chi connectivity index (χ2v) is 14.1. The Morgan fingerprint density at radius 2 is 1.12 bits per heavy atom. The van der Waals surface area contributed by atoms with E-state index < -0.39 is 42.0 Å². The summed E-state index contributed by atoms with van der Waals surface area (Å²) in [5.74, 6) is -2.20. The number of sulfone groups is 2. The lowest BCUT2D eigenvalue weighted by Gasteiger charge is -2.33. The number of rotatable bonds is 6. The van der Waals surface area contributed by atoms with E-state index in [4.69, 9.17) is 5.73 Å². The van der Waals surface area contributed by atoms with Gasteiger partial charge in [0.05, 0.1) is 26.5 Å². The van der Waals surface area contributed by atoms with Crippen molar-refractivity contribution < 1.29 is 16.8 Å². The minimum Gasteiger partial charge on any atom is -0.399 e. The number of hydrogen-bond donors (Lipinski definition) is 1. The van der Waals surface area contributed by atoms with Gasteiger partial charge in [-0.2, -0.15) is 5.26 Å². The fourth-order valence-electron chi connectivity index (χ4n) is 5.55. The van der Waals surface area contributed by atoms with E-state index in [2.05, 4.69) is 6.07 Å². The lowest BCUT2D eigenvalue weighted by atomic mass is 9.78. The number of benzene rings is 4. The summed E-state index contributed by atoms with van der Waals surface area (Å²) in [5.41, 5.74) is 9.18. The molecule has 0 saturated carbocycles. The van der Waals surface area contributed by atoms with E-state index in [0.717, 1.165) is 11.1 Å². The molecule has 3 atom stereocenters. The van der Waals surface area contributed by atoms with Gasteiger partial charge in [0.2, 0.25) is 24.4 Å². The molecule has 6 nitrogen and oxygen atoms in total. The summed E-state index contributed by atoms with van der Waals surface area (Å²) in [6.45, 7) is 3.80. The third-order valence-electron chi connectivity index (χ3n) is 7.58. The average molecular weight is 569 g/mol. The van der Waals surface area contributed by atoms with Gasteiger partial charge in [-0.15, -0.1) is 0 Å². The molecule has 0 radical (unpaired) electrons. The Hall–Kier alpha value is -4.19. The highest BCUT2D eigenvalue weighted by Gasteiger charge is 2.65. The second-order valence-electron chi connectivity index (χ2n) is 10.0. The number of hydrogen-bond acceptors (Lipinski definition) is 6. The molecule has 1 aliphatic rings. The van der Waals surface area contributed by atoms with Crippen molar-refractivity contribution in [2.45, 2.75) is 40.2 Å². The maximum atomic E-state index is 14.6. The number of nitrogens with zero attached hydrogens (tertiary/aromatic N) is 1. The molecular weight excluding hydrogens is 540 g/mol. The van der Waals surface area contributed by atoms with Gasteiger partial charge in [-0.05, 0) is 49.2 Å². The van der Waals surface area contributed by atoms with Crippen LogP contribution in [0.4, 0.5) is 0 Å². The van der Waals surface area contributed by atoms with Crippen LogP contribution >= 0.6 is 0 Å². The molecule has 0 bridgehead atoms. The molecule has 0 fully saturated rings. The van der Waals surface area contributed by atoms with E-state index in [9.17, 15) is 22.1 Å². The van der Waals surface area contributed by atoms with Crippen LogP contribution in [0.15, 0.2) is 130 Å². The van der Waals surface area contributed by atoms with Gasteiger partial charge in [0.15, 0.2) is 0 Å². The Kier molecular flexibility index (Phi) is 6.90. The van der Waals surface area contributed by atoms with Crippen molar-refractivity contribution in [3.05, 3.63) is 142 Å². The highest BCUT2D eigenvalue weighted by molar-refractivity contribution is 7.96. The van der Waals surface area contributed by atoms with Gasteiger partial charge in [0.25, 0.3) is 0 Å². The van der Waals surface area contributed by atoms with Gasteiger partial charge in [-0.25, -0.2) is 16.8 Å². The van der Waals surface area contributed by atoms with Crippen LogP contribution in [0.3, 0.4) is 0 Å². The Labute approximate surface area is 235 Å². The van der Waals surface area contributed by atoms with Crippen LogP contribution in [0.5, 0.6) is 0 Å². The Balaban J connectivity index is 1.94. The van der Waals surface area contributed by atoms with Crippen LogP contribution in [0.1, 0.15) is 34.1 Å². The monoisotopic (exact) mass is 568 g/mol. The molecule has 0 unspecified atom stereocenters. The van der Waals surface area contributed by atoms with Gasteiger partial charge in [0.1, 0.15) is 0 Å². The predicted molar refractivity (Wildman–Crippen MR) is 155 cm³/mol. The third kappa shape index (κ3) is 4.14. The minimum absolute atomic E-state index is 0.0291. The predicted octanol–water partition coefficient (Wildman–Crippen LogP) is 5.56. The number of nitriles is 1. The van der Waals surface area contributed by atoms with Crippen LogP contribution in [-0.2, 0) is 19.7 Å². The average Bonchev–Trinajstić information content (AvgIpc) is 3.25. The summed E-state index contributed by atoms with van der Waals surface area (Å²) in [5, 5.41) is 10.9. The van der Waals surface area contributed by atoms with Crippen molar-refractivity contribution in [2.24, 2.45) is 5.73 Å². The molecule has 5 rings (SSSR count). The zero-order valence-corrected chi connectivity index (χ0v) is 23.7. The number of aryl methyl sites for hydroxylation is 2. The standard InChI is InChI=1S/C32H28N2O4S2/c1-22-13-17-24(18-14-22)28-29(25-19-15-23(2)16-20-25)32(21-33,40(37,38)27-11-7-4-8-12-27)31(34)30(28)39(35,36)26-9-5-3-6-10-26/h3-20,28-29H,34H2,1-2H3/t28-,29-,32+/m1/s1. The quantitative estimate of drug-likeness (QED) is 0.325. The van der Waals surface area contributed by atoms with E-state index in [0.29, 0.717) is 11.1 Å². The molecule has 2 N–H and O–H groups in total. The maximum Gasteiger partial charge on any atom is 0.210 e. The van der Waals surface area contributed by atoms with Crippen LogP contribution < -0.4 is 5.73 Å². The van der Waals surface area contributed by atoms with Gasteiger partial charge < -0.3 is 5.73 Å². The van der Waals surface area contributed by atoms with Gasteiger partial charge in [-0.3, -0.25) is 0 Å². The smallest absolute Gasteiger partial charge is 0.210 e. The number of nitrogens with two attached hydrogens (primary N) is 1. The summed E-state index contributed by atoms with van der Waals surface area (Å²) in [6, 6.07) is 31.8. The lowest BCUT2D eigenvalue weighted by molar-refractivity contribution is 0.527. The molecule has 4 aromatic carbocycles. The highest BCUT2D eigenvalue weighted by Crippen LogP contribution is 2.60. The molecular formula is C32H28N2O4S2. The summed E-state index contributed by atoms with van der Waals surface area (Å²) in [4.78, 5) is -0.412. The normalized spacial score (nSPS) is 21.2. The molecule has 1 aliphatic carbocycles. The van der Waals surface area contributed by atoms with Gasteiger partial charge >= 0.3 is 0 Å². The molecule has 0 aromatic heterocycles. The van der Waals surface area contributed by atoms with Crippen LogP contribution in [0.2, 0.25) is 0 Å². The molecule has 40 heavy (non-hydrogen) atoms. The van der Waals surface area contributed by atoms with Crippen molar-refractivity contribution in [1.82, 2.24) is 0 Å². The first-order valence-electron chi connectivity index (χ1n) is 12.7. The van der Waals surface area contributed by atoms with Crippen molar-refractivity contribution >= 4 is 19.7 Å². The van der Waals surface area contributed by atoms with Crippen LogP contribution in [0, 0.1) is 25.2 Å². The molecule has 0 heterocycles. The van der Waals surface area contributed by atoms with E-state index in [1.807, 2.05) is 38.1 Å². The van der Waals surface area contributed by atoms with Crippen molar-refractivity contribution in [2.75, 3.05) is 0 Å². The zero-order valence-electron chi connectivity index (χ0n) is 22.0. The first kappa shape index (κ1) is 27.4. The van der Waals surface area contributed by atoms with Crippen molar-refractivity contribution in [1.29, 1.82) is 5.26 Å². The van der Waals surface area contributed by atoms with E-state index in [1.54, 1.807) is 60.7 Å². The van der Waals surface area contributed by atoms with Crippen molar-refractivity contribution in [3.63, 3.8) is 0 Å². The summed E-state index contributed by atoms with van der Waals surface area (Å²) in [6.07, 6.45) is 0. The molecule has 0 aliphatic heterocycles. The van der Waals surface area contributed by atoms with Crippen molar-refractivity contribution in [3.8, 4) is 6.07 Å². The Bertz CT molecular complexity index is 1840. The molecule has 8 heteroatoms. The van der Waals surface area contributed by atoms with Gasteiger partial charge in [0, 0.05) is 11.8 Å². The molecule has 202 valence electrons.